The zero-order valence-corrected chi connectivity index (χ0v) is 46.7. The molecule has 0 aliphatic heterocycles. The van der Waals surface area contributed by atoms with Crippen LogP contribution in [0.1, 0.15) is 296 Å². The van der Waals surface area contributed by atoms with E-state index in [1.807, 2.05) is 12.1 Å². The summed E-state index contributed by atoms with van der Waals surface area (Å²) in [4.78, 5) is 1.29. The number of rotatable bonds is 50. The lowest BCUT2D eigenvalue weighted by Crippen LogP contribution is -2.04. The first-order valence-electron chi connectivity index (χ1n) is 29.4. The minimum atomic E-state index is 0.643. The van der Waals surface area contributed by atoms with Gasteiger partial charge in [0.25, 0.3) is 0 Å². The van der Waals surface area contributed by atoms with Crippen molar-refractivity contribution in [2.45, 2.75) is 285 Å². The van der Waals surface area contributed by atoms with Gasteiger partial charge in [0, 0.05) is 0 Å². The molecule has 0 bridgehead atoms. The number of hydrogen-bond donors (Lipinski definition) is 0. The summed E-state index contributed by atoms with van der Waals surface area (Å²) in [5, 5.41) is 0. The number of hydrogen-bond acceptors (Lipinski definition) is 6. The van der Waals surface area contributed by atoms with Gasteiger partial charge in [-0.05, 0) is 61.1 Å². The van der Waals surface area contributed by atoms with Crippen LogP contribution in [0.2, 0.25) is 0 Å². The highest BCUT2D eigenvalue weighted by Crippen LogP contribution is 2.36. The fourth-order valence-electron chi connectivity index (χ4n) is 9.11. The van der Waals surface area contributed by atoms with E-state index < -0.39 is 0 Å². The third kappa shape index (κ3) is 32.7. The van der Waals surface area contributed by atoms with Crippen molar-refractivity contribution in [1.82, 2.24) is 0 Å². The molecule has 2 aromatic carbocycles. The second-order valence-electron chi connectivity index (χ2n) is 20.1. The zero-order valence-electron chi connectivity index (χ0n) is 45.0. The van der Waals surface area contributed by atoms with Crippen LogP contribution in [0.15, 0.2) is 36.4 Å². The lowest BCUT2D eigenvalue weighted by atomic mass is 10.1. The molecule has 0 fully saturated rings. The highest BCUT2D eigenvalue weighted by atomic mass is 32.1. The van der Waals surface area contributed by atoms with E-state index in [0.29, 0.717) is 36.2 Å². The lowest BCUT2D eigenvalue weighted by molar-refractivity contribution is 0.258. The molecule has 6 heteroatoms. The summed E-state index contributed by atoms with van der Waals surface area (Å²) in [7, 11) is 0. The van der Waals surface area contributed by atoms with Gasteiger partial charge in [0.15, 0.2) is 23.0 Å². The molecule has 0 atom stereocenters. The molecule has 0 saturated heterocycles. The van der Waals surface area contributed by atoms with E-state index in [0.717, 1.165) is 59.8 Å². The summed E-state index contributed by atoms with van der Waals surface area (Å²) in [6.45, 7) is 11.9. The second kappa shape index (κ2) is 45.9. The largest absolute Gasteiger partial charge is 0.780 e. The Bertz CT molecular complexity index is 1350. The van der Waals surface area contributed by atoms with Crippen LogP contribution in [-0.4, -0.2) is 26.4 Å². The Labute approximate surface area is 433 Å². The highest BCUT2D eigenvalue weighted by molar-refractivity contribution is 7.77. The third-order valence-corrected chi connectivity index (χ3v) is 14.6. The van der Waals surface area contributed by atoms with E-state index in [-0.39, 0.29) is 0 Å². The van der Waals surface area contributed by atoms with Gasteiger partial charge in [0.05, 0.1) is 26.4 Å². The normalized spacial score (nSPS) is 11.8. The summed E-state index contributed by atoms with van der Waals surface area (Å²) in [6, 6.07) is 12.3. The van der Waals surface area contributed by atoms with Crippen molar-refractivity contribution in [3.8, 4) is 23.0 Å². The summed E-state index contributed by atoms with van der Waals surface area (Å²) in [5.41, 5.74) is 1.78. The van der Waals surface area contributed by atoms with Crippen LogP contribution in [0.4, 0.5) is 0 Å². The van der Waals surface area contributed by atoms with E-state index in [1.165, 1.54) is 231 Å². The second-order valence-corrected chi connectivity index (χ2v) is 20.9. The van der Waals surface area contributed by atoms with E-state index in [4.69, 9.17) is 44.2 Å². The lowest BCUT2D eigenvalue weighted by Gasteiger charge is -2.27. The first-order chi connectivity index (χ1) is 33.5. The van der Waals surface area contributed by atoms with Gasteiger partial charge in [0.2, 0.25) is 0 Å². The van der Waals surface area contributed by atoms with Gasteiger partial charge in [-0.2, -0.15) is 9.81 Å². The van der Waals surface area contributed by atoms with Crippen molar-refractivity contribution in [1.29, 1.82) is 0 Å². The van der Waals surface area contributed by atoms with Crippen LogP contribution in [0.25, 0.3) is 9.81 Å². The van der Waals surface area contributed by atoms with Crippen LogP contribution in [0.5, 0.6) is 23.0 Å². The minimum Gasteiger partial charge on any atom is -0.780 e. The zero-order chi connectivity index (χ0) is 48.8. The third-order valence-electron chi connectivity index (χ3n) is 13.6. The maximum Gasteiger partial charge on any atom is 0.161 e. The fourth-order valence-corrected chi connectivity index (χ4v) is 9.60. The minimum absolute atomic E-state index is 0.643. The predicted octanol–water partition coefficient (Wildman–Crippen LogP) is 20.8. The molecule has 0 aliphatic rings. The smallest absolute Gasteiger partial charge is 0.161 e. The molecular formula is C62H106O4S2-2. The van der Waals surface area contributed by atoms with Crippen molar-refractivity contribution in [3.63, 3.8) is 0 Å². The van der Waals surface area contributed by atoms with E-state index in [2.05, 4.69) is 52.0 Å². The van der Waals surface area contributed by atoms with Crippen molar-refractivity contribution in [2.75, 3.05) is 26.4 Å². The molecule has 2 rings (SSSR count). The van der Waals surface area contributed by atoms with Crippen LogP contribution >= 0.6 is 0 Å². The Hall–Kier alpha value is -2.18. The maximum absolute atomic E-state index is 6.50. The van der Waals surface area contributed by atoms with Gasteiger partial charge in [-0.3, -0.25) is 0 Å². The van der Waals surface area contributed by atoms with Crippen molar-refractivity contribution in [3.05, 3.63) is 47.5 Å². The first-order valence-corrected chi connectivity index (χ1v) is 30.3. The SMILES string of the molecule is CCCCCCCCCCCCOc1ccc(/C([S-])=C(/[S-])c2ccc(OCCCCCCCCCCCC)c(OCCCCCCCCCCCC)c2)cc1OCCCCCCCCCCCC. The molecule has 392 valence electrons. The Morgan fingerprint density at radius 1 is 0.265 bits per heavy atom. The Balaban J connectivity index is 2.10. The first kappa shape index (κ1) is 61.9. The van der Waals surface area contributed by atoms with Gasteiger partial charge in [0.1, 0.15) is 0 Å². The van der Waals surface area contributed by atoms with Gasteiger partial charge in [-0.1, -0.05) is 271 Å². The van der Waals surface area contributed by atoms with E-state index in [1.54, 1.807) is 0 Å². The van der Waals surface area contributed by atoms with Gasteiger partial charge >= 0.3 is 0 Å². The van der Waals surface area contributed by atoms with E-state index in [9.17, 15) is 0 Å². The van der Waals surface area contributed by atoms with Crippen molar-refractivity contribution in [2.24, 2.45) is 0 Å². The molecular weight excluding hydrogens is 873 g/mol. The molecule has 2 aromatic rings. The van der Waals surface area contributed by atoms with Gasteiger partial charge in [-0.15, -0.1) is 0 Å². The predicted molar refractivity (Wildman–Crippen MR) is 304 cm³/mol. The molecule has 68 heavy (non-hydrogen) atoms. The Morgan fingerprint density at radius 3 is 0.676 bits per heavy atom. The standard InChI is InChI=1S/C62H108O4S2/c1-5-9-13-17-21-25-29-33-37-41-49-63-57-47-45-55(53-59(57)65-51-43-39-35-31-27-23-19-15-11-7-3)61(67)62(68)56-46-48-58(64-50-42-38-34-30-26-22-18-14-10-6-2)60(54-56)66-52-44-40-36-32-28-24-20-16-12-8-4/h45-48,53-54,67-68H,5-44,49-52H2,1-4H3/p-2/b62-61-. The van der Waals surface area contributed by atoms with Crippen LogP contribution < -0.4 is 18.9 Å². The summed E-state index contributed by atoms with van der Waals surface area (Å²) in [6.07, 6.45) is 52.1. The molecule has 4 nitrogen and oxygen atoms in total. The highest BCUT2D eigenvalue weighted by Gasteiger charge is 2.11. The molecule has 0 aliphatic carbocycles. The average molecular weight is 980 g/mol. The molecule has 0 spiro atoms. The monoisotopic (exact) mass is 979 g/mol. The van der Waals surface area contributed by atoms with Crippen LogP contribution in [-0.2, 0) is 25.3 Å². The van der Waals surface area contributed by atoms with Crippen molar-refractivity contribution < 1.29 is 18.9 Å². The maximum atomic E-state index is 6.50. The molecule has 0 N–H and O–H groups in total. The molecule has 0 radical (unpaired) electrons. The molecule has 0 heterocycles. The average Bonchev–Trinajstić information content (AvgIpc) is 3.35. The van der Waals surface area contributed by atoms with E-state index >= 15 is 0 Å². The molecule has 0 amide bonds. The Morgan fingerprint density at radius 2 is 0.456 bits per heavy atom. The summed E-state index contributed by atoms with van der Waals surface area (Å²) < 4.78 is 25.8. The molecule has 0 unspecified atom stereocenters. The fraction of sp³-hybridized carbons (Fsp3) is 0.774. The summed E-state index contributed by atoms with van der Waals surface area (Å²) >= 11 is 12.3. The summed E-state index contributed by atoms with van der Waals surface area (Å²) in [5.74, 6) is 3.15. The van der Waals surface area contributed by atoms with Crippen LogP contribution in [0.3, 0.4) is 0 Å². The molecule has 0 aromatic heterocycles. The number of ether oxygens (including phenoxy) is 4. The van der Waals surface area contributed by atoms with Gasteiger partial charge in [-0.25, -0.2) is 0 Å². The molecule has 0 saturated carbocycles. The topological polar surface area (TPSA) is 36.9 Å². The number of unbranched alkanes of at least 4 members (excludes halogenated alkanes) is 36. The number of benzene rings is 2. The quantitative estimate of drug-likeness (QED) is 0.0374. The Kier molecular flexibility index (Phi) is 41.8. The van der Waals surface area contributed by atoms with Crippen LogP contribution in [0, 0.1) is 0 Å². The van der Waals surface area contributed by atoms with Gasteiger partial charge < -0.3 is 44.2 Å². The van der Waals surface area contributed by atoms with Crippen molar-refractivity contribution >= 4 is 35.1 Å².